The lowest BCUT2D eigenvalue weighted by Crippen LogP contribution is -2.57. The third-order valence-electron chi connectivity index (χ3n) is 9.08. The molecule has 8 nitrogen and oxygen atoms in total. The van der Waals surface area contributed by atoms with Crippen LogP contribution in [0.2, 0.25) is 0 Å². The van der Waals surface area contributed by atoms with Crippen molar-refractivity contribution in [3.05, 3.63) is 41.1 Å². The summed E-state index contributed by atoms with van der Waals surface area (Å²) in [5.41, 5.74) is 0.866. The van der Waals surface area contributed by atoms with Crippen molar-refractivity contribution in [1.82, 2.24) is 15.0 Å². The number of aromatic nitrogens is 3. The minimum atomic E-state index is -0.0898. The molecule has 7 rings (SSSR count). The van der Waals surface area contributed by atoms with Crippen LogP contribution < -0.4 is 20.5 Å². The maximum atomic E-state index is 12.7. The molecule has 2 unspecified atom stereocenters. The molecule has 2 aromatic rings. The average Bonchev–Trinajstić information content (AvgIpc) is 3.54. The minimum Gasteiger partial charge on any atom is -0.477 e. The zero-order valence-electron chi connectivity index (χ0n) is 20.7. The van der Waals surface area contributed by atoms with Crippen LogP contribution in [0.25, 0.3) is 0 Å². The van der Waals surface area contributed by atoms with Crippen molar-refractivity contribution >= 4 is 11.5 Å². The van der Waals surface area contributed by atoms with E-state index in [1.165, 1.54) is 19.2 Å². The highest BCUT2D eigenvalue weighted by atomic mass is 16.5. The number of anilines is 2. The van der Waals surface area contributed by atoms with Gasteiger partial charge in [0.15, 0.2) is 5.82 Å². The van der Waals surface area contributed by atoms with Gasteiger partial charge in [0.1, 0.15) is 11.9 Å². The molecule has 0 spiro atoms. The third kappa shape index (κ3) is 4.30. The average molecular weight is 480 g/mol. The number of aromatic amines is 1. The van der Waals surface area contributed by atoms with E-state index in [-0.39, 0.29) is 28.7 Å². The largest absolute Gasteiger partial charge is 0.477 e. The van der Waals surface area contributed by atoms with Crippen LogP contribution in [0.4, 0.5) is 11.5 Å². The Morgan fingerprint density at radius 1 is 1.11 bits per heavy atom. The topological polar surface area (TPSA) is 92.4 Å². The number of rotatable bonds is 8. The van der Waals surface area contributed by atoms with E-state index in [2.05, 4.69) is 32.1 Å². The zero-order chi connectivity index (χ0) is 23.9. The summed E-state index contributed by atoms with van der Waals surface area (Å²) in [5.74, 6) is 1.49. The fourth-order valence-electron chi connectivity index (χ4n) is 7.00. The van der Waals surface area contributed by atoms with E-state index in [0.29, 0.717) is 17.7 Å². The molecule has 3 heterocycles. The molecule has 2 aromatic heterocycles. The molecule has 2 bridgehead atoms. The molecule has 0 radical (unpaired) electrons. The van der Waals surface area contributed by atoms with Gasteiger partial charge in [-0.15, -0.1) is 0 Å². The maximum absolute atomic E-state index is 12.7. The zero-order valence-corrected chi connectivity index (χ0v) is 20.7. The first kappa shape index (κ1) is 22.8. The highest BCUT2D eigenvalue weighted by Gasteiger charge is 2.56. The van der Waals surface area contributed by atoms with Gasteiger partial charge >= 0.3 is 0 Å². The predicted molar refractivity (Wildman–Crippen MR) is 135 cm³/mol. The second-order valence-corrected chi connectivity index (χ2v) is 11.3. The smallest absolute Gasteiger partial charge is 0.276 e. The molecule has 0 saturated heterocycles. The Morgan fingerprint density at radius 2 is 1.89 bits per heavy atom. The molecule has 2 N–H and O–H groups in total. The van der Waals surface area contributed by atoms with Crippen LogP contribution in [0.3, 0.4) is 0 Å². The number of fused-ring (bicyclic) bond motifs is 4. The number of nitrogens with one attached hydrogen (secondary N) is 2. The van der Waals surface area contributed by atoms with Crippen LogP contribution in [0.1, 0.15) is 71.1 Å². The number of ether oxygens (including phenoxy) is 2. The fourth-order valence-corrected chi connectivity index (χ4v) is 7.00. The summed E-state index contributed by atoms with van der Waals surface area (Å²) in [6, 6.07) is 5.82. The summed E-state index contributed by atoms with van der Waals surface area (Å²) in [6.07, 6.45) is 15.5. The molecule has 35 heavy (non-hydrogen) atoms. The summed E-state index contributed by atoms with van der Waals surface area (Å²) >= 11 is 0. The monoisotopic (exact) mass is 479 g/mol. The predicted octanol–water partition coefficient (Wildman–Crippen LogP) is 4.49. The molecule has 2 atom stereocenters. The van der Waals surface area contributed by atoms with Crippen LogP contribution in [-0.4, -0.2) is 46.5 Å². The van der Waals surface area contributed by atoms with Crippen molar-refractivity contribution in [2.24, 2.45) is 10.8 Å². The fraction of sp³-hybridized carbons (Fsp3) is 0.667. The Balaban J connectivity index is 1.18. The number of pyridine rings is 1. The quantitative estimate of drug-likeness (QED) is 0.576. The summed E-state index contributed by atoms with van der Waals surface area (Å²) in [5, 5.41) is 3.63. The van der Waals surface area contributed by atoms with E-state index in [1.807, 2.05) is 18.2 Å². The molecule has 8 heteroatoms. The van der Waals surface area contributed by atoms with Crippen LogP contribution in [0.5, 0.6) is 5.88 Å². The van der Waals surface area contributed by atoms with Crippen LogP contribution >= 0.6 is 0 Å². The van der Waals surface area contributed by atoms with Gasteiger partial charge in [0, 0.05) is 29.6 Å². The molecule has 188 valence electrons. The Kier molecular flexibility index (Phi) is 5.95. The number of hydrogen-bond donors (Lipinski definition) is 2. The Labute approximate surface area is 206 Å². The Hall–Kier alpha value is -2.61. The molecule has 0 amide bonds. The summed E-state index contributed by atoms with van der Waals surface area (Å²) in [6.45, 7) is 3.64. The van der Waals surface area contributed by atoms with Gasteiger partial charge in [-0.3, -0.25) is 4.79 Å². The normalized spacial score (nSPS) is 30.8. The van der Waals surface area contributed by atoms with Crippen LogP contribution in [-0.2, 0) is 4.74 Å². The van der Waals surface area contributed by atoms with E-state index in [9.17, 15) is 4.79 Å². The van der Waals surface area contributed by atoms with Crippen molar-refractivity contribution in [2.45, 2.75) is 89.5 Å². The molecule has 1 aliphatic heterocycles. The highest BCUT2D eigenvalue weighted by Crippen LogP contribution is 2.60. The lowest BCUT2D eigenvalue weighted by atomic mass is 9.53. The first-order valence-corrected chi connectivity index (χ1v) is 13.4. The molecule has 4 saturated carbocycles. The highest BCUT2D eigenvalue weighted by molar-refractivity contribution is 5.71. The molecular formula is C27H37N5O3. The lowest BCUT2D eigenvalue weighted by molar-refractivity contribution is -0.0480. The molecule has 4 fully saturated rings. The van der Waals surface area contributed by atoms with E-state index in [4.69, 9.17) is 9.47 Å². The van der Waals surface area contributed by atoms with Gasteiger partial charge in [-0.1, -0.05) is 18.9 Å². The van der Waals surface area contributed by atoms with Crippen LogP contribution in [0, 0.1) is 10.8 Å². The van der Waals surface area contributed by atoms with E-state index < -0.39 is 0 Å². The van der Waals surface area contributed by atoms with E-state index >= 15 is 0 Å². The van der Waals surface area contributed by atoms with Gasteiger partial charge in [-0.2, -0.15) is 0 Å². The Morgan fingerprint density at radius 3 is 2.60 bits per heavy atom. The first-order chi connectivity index (χ1) is 17.1. The van der Waals surface area contributed by atoms with Crippen molar-refractivity contribution in [3.63, 3.8) is 0 Å². The van der Waals surface area contributed by atoms with Gasteiger partial charge in [-0.05, 0) is 64.4 Å². The second-order valence-electron chi connectivity index (χ2n) is 11.3. The van der Waals surface area contributed by atoms with Gasteiger partial charge in [0.25, 0.3) is 5.56 Å². The summed E-state index contributed by atoms with van der Waals surface area (Å²) in [4.78, 5) is 26.7. The Bertz CT molecular complexity index is 1060. The van der Waals surface area contributed by atoms with Crippen molar-refractivity contribution in [1.29, 1.82) is 0 Å². The van der Waals surface area contributed by atoms with Crippen molar-refractivity contribution in [2.75, 3.05) is 23.4 Å². The maximum Gasteiger partial charge on any atom is 0.276 e. The third-order valence-corrected chi connectivity index (χ3v) is 9.08. The number of nitrogens with zero attached hydrogens (tertiary/aromatic N) is 3. The van der Waals surface area contributed by atoms with Gasteiger partial charge < -0.3 is 24.7 Å². The van der Waals surface area contributed by atoms with E-state index in [1.54, 1.807) is 6.20 Å². The van der Waals surface area contributed by atoms with Gasteiger partial charge in [0.05, 0.1) is 25.1 Å². The van der Waals surface area contributed by atoms with Gasteiger partial charge in [-0.25, -0.2) is 9.97 Å². The number of H-pyrrole nitrogens is 1. The van der Waals surface area contributed by atoms with Crippen molar-refractivity contribution < 1.29 is 9.47 Å². The molecule has 0 aromatic carbocycles. The summed E-state index contributed by atoms with van der Waals surface area (Å²) in [7, 11) is 0. The molecule has 4 aliphatic carbocycles. The summed E-state index contributed by atoms with van der Waals surface area (Å²) < 4.78 is 12.5. The molecule has 5 aliphatic rings. The number of hydrogen-bond acceptors (Lipinski definition) is 7. The van der Waals surface area contributed by atoms with E-state index in [0.717, 1.165) is 70.3 Å². The first-order valence-electron chi connectivity index (χ1n) is 13.4. The van der Waals surface area contributed by atoms with Gasteiger partial charge in [0.2, 0.25) is 5.88 Å². The van der Waals surface area contributed by atoms with Crippen molar-refractivity contribution in [3.8, 4) is 5.88 Å². The standard InChI is InChI=1S/C27H37N5O3/c1-19(35-20-6-2-3-7-20)16-32-23-22(24(33)30-18-29-23)31-25(32)27-12-9-26(10-13-27,11-14-27)17-34-21-8-4-5-15-28-21/h4-5,8,15,18-20,25,31H,2-3,6-7,9-14,16-17H2,1H3,(H,29,30,33). The SMILES string of the molecule is CC(CN1c2nc[nH]c(=O)c2NC1C12CCC(COc3ccccn3)(CC1)CC2)OC1CCCC1. The molecular weight excluding hydrogens is 442 g/mol. The lowest BCUT2D eigenvalue weighted by Gasteiger charge is -2.56. The second kappa shape index (κ2) is 9.12. The van der Waals surface area contributed by atoms with Crippen LogP contribution in [0.15, 0.2) is 35.5 Å². The minimum absolute atomic E-state index is 0.0677.